The monoisotopic (exact) mass is 261 g/mol. The highest BCUT2D eigenvalue weighted by molar-refractivity contribution is 7.13. The first kappa shape index (κ1) is 12.8. The Hall–Kier alpha value is -1.68. The fourth-order valence-corrected chi connectivity index (χ4v) is 2.60. The van der Waals surface area contributed by atoms with Crippen molar-refractivity contribution < 1.29 is 9.53 Å². The number of carbonyl (C=O) groups excluding carboxylic acids is 1. The highest BCUT2D eigenvalue weighted by Gasteiger charge is 2.11. The van der Waals surface area contributed by atoms with Crippen molar-refractivity contribution in [3.05, 3.63) is 34.8 Å². The number of Topliss-reactive ketones (excluding diaryl/α,β-unsaturated/α-hetero) is 1. The van der Waals surface area contributed by atoms with Crippen molar-refractivity contribution in [2.24, 2.45) is 0 Å². The lowest BCUT2D eigenvalue weighted by atomic mass is 10.1. The number of hydrogen-bond acceptors (Lipinski definition) is 4. The van der Waals surface area contributed by atoms with E-state index in [-0.39, 0.29) is 5.78 Å². The van der Waals surface area contributed by atoms with Gasteiger partial charge in [0, 0.05) is 11.8 Å². The molecule has 0 unspecified atom stereocenters. The second-order valence-electron chi connectivity index (χ2n) is 4.23. The van der Waals surface area contributed by atoms with E-state index >= 15 is 0 Å². The molecule has 2 aromatic rings. The smallest absolute Gasteiger partial charge is 0.135 e. The van der Waals surface area contributed by atoms with Gasteiger partial charge < -0.3 is 4.74 Å². The minimum absolute atomic E-state index is 0.128. The van der Waals surface area contributed by atoms with Crippen LogP contribution in [0.1, 0.15) is 18.2 Å². The molecule has 0 amide bonds. The van der Waals surface area contributed by atoms with E-state index in [2.05, 4.69) is 11.1 Å². The molecule has 1 aromatic heterocycles. The van der Waals surface area contributed by atoms with Gasteiger partial charge in [0.05, 0.1) is 18.4 Å². The van der Waals surface area contributed by atoms with Crippen molar-refractivity contribution in [1.82, 2.24) is 4.98 Å². The standard InChI is InChI=1S/C14H15NO2S/c1-9-4-5-13(17-3)12(6-9)14-15-11(8-18-14)7-10(2)16/h4-6,8H,7H2,1-3H3. The fraction of sp³-hybridized carbons (Fsp3) is 0.286. The van der Waals surface area contributed by atoms with Crippen molar-refractivity contribution in [2.45, 2.75) is 20.3 Å². The number of carbonyl (C=O) groups is 1. The highest BCUT2D eigenvalue weighted by Crippen LogP contribution is 2.33. The van der Waals surface area contributed by atoms with Crippen LogP contribution < -0.4 is 4.74 Å². The molecule has 1 heterocycles. The summed E-state index contributed by atoms with van der Waals surface area (Å²) in [7, 11) is 1.65. The molecule has 1 aromatic carbocycles. The van der Waals surface area contributed by atoms with Gasteiger partial charge in [-0.3, -0.25) is 4.79 Å². The van der Waals surface area contributed by atoms with Crippen molar-refractivity contribution in [1.29, 1.82) is 0 Å². The Kier molecular flexibility index (Phi) is 3.77. The number of nitrogens with zero attached hydrogens (tertiary/aromatic N) is 1. The molecule has 0 atom stereocenters. The Morgan fingerprint density at radius 1 is 1.44 bits per heavy atom. The number of ketones is 1. The molecule has 4 heteroatoms. The maximum Gasteiger partial charge on any atom is 0.135 e. The van der Waals surface area contributed by atoms with E-state index in [1.165, 1.54) is 11.3 Å². The molecular formula is C14H15NO2S. The predicted molar refractivity (Wildman–Crippen MR) is 73.2 cm³/mol. The molecule has 0 saturated carbocycles. The van der Waals surface area contributed by atoms with E-state index < -0.39 is 0 Å². The molecule has 0 aliphatic heterocycles. The number of aromatic nitrogens is 1. The molecule has 3 nitrogen and oxygen atoms in total. The summed E-state index contributed by atoms with van der Waals surface area (Å²) in [6, 6.07) is 6.00. The molecule has 0 radical (unpaired) electrons. The van der Waals surface area contributed by atoms with E-state index in [0.717, 1.165) is 27.6 Å². The third-order valence-corrected chi connectivity index (χ3v) is 3.49. The molecule has 2 rings (SSSR count). The van der Waals surface area contributed by atoms with Gasteiger partial charge in [0.2, 0.25) is 0 Å². The van der Waals surface area contributed by atoms with Crippen molar-refractivity contribution in [3.63, 3.8) is 0 Å². The highest BCUT2D eigenvalue weighted by atomic mass is 32.1. The van der Waals surface area contributed by atoms with Crippen LogP contribution >= 0.6 is 11.3 Å². The Morgan fingerprint density at radius 3 is 2.89 bits per heavy atom. The van der Waals surface area contributed by atoms with Crippen LogP contribution in [0.25, 0.3) is 10.6 Å². The number of benzene rings is 1. The zero-order chi connectivity index (χ0) is 13.1. The normalized spacial score (nSPS) is 10.4. The number of hydrogen-bond donors (Lipinski definition) is 0. The van der Waals surface area contributed by atoms with Gasteiger partial charge in [0.1, 0.15) is 16.5 Å². The number of methoxy groups -OCH3 is 1. The summed E-state index contributed by atoms with van der Waals surface area (Å²) in [4.78, 5) is 15.6. The first-order valence-corrected chi connectivity index (χ1v) is 6.57. The van der Waals surface area contributed by atoms with Gasteiger partial charge in [-0.1, -0.05) is 11.6 Å². The van der Waals surface area contributed by atoms with Gasteiger partial charge in [-0.25, -0.2) is 4.98 Å². The molecule has 0 bridgehead atoms. The third-order valence-electron chi connectivity index (χ3n) is 2.57. The summed E-state index contributed by atoms with van der Waals surface area (Å²) < 4.78 is 5.34. The van der Waals surface area contributed by atoms with E-state index in [1.807, 2.05) is 24.4 Å². The summed E-state index contributed by atoms with van der Waals surface area (Å²) in [5.41, 5.74) is 2.97. The predicted octanol–water partition coefficient (Wildman–Crippen LogP) is 3.26. The van der Waals surface area contributed by atoms with Gasteiger partial charge in [-0.05, 0) is 26.0 Å². The van der Waals surface area contributed by atoms with Crippen LogP contribution in [0.5, 0.6) is 5.75 Å². The Bertz CT molecular complexity index is 575. The van der Waals surface area contributed by atoms with Gasteiger partial charge in [-0.2, -0.15) is 0 Å². The Balaban J connectivity index is 2.38. The minimum Gasteiger partial charge on any atom is -0.496 e. The molecule has 0 fully saturated rings. The van der Waals surface area contributed by atoms with Crippen LogP contribution in [0.4, 0.5) is 0 Å². The van der Waals surface area contributed by atoms with Crippen molar-refractivity contribution >= 4 is 17.1 Å². The van der Waals surface area contributed by atoms with Crippen LogP contribution in [0, 0.1) is 6.92 Å². The lowest BCUT2D eigenvalue weighted by Gasteiger charge is -2.06. The van der Waals surface area contributed by atoms with E-state index in [9.17, 15) is 4.79 Å². The van der Waals surface area contributed by atoms with Crippen molar-refractivity contribution in [3.8, 4) is 16.3 Å². The molecule has 0 saturated heterocycles. The van der Waals surface area contributed by atoms with Gasteiger partial charge in [0.25, 0.3) is 0 Å². The summed E-state index contributed by atoms with van der Waals surface area (Å²) in [5, 5.41) is 2.82. The Morgan fingerprint density at radius 2 is 2.22 bits per heavy atom. The van der Waals surface area contributed by atoms with Crippen LogP contribution in [0.3, 0.4) is 0 Å². The van der Waals surface area contributed by atoms with Crippen LogP contribution in [-0.4, -0.2) is 17.9 Å². The van der Waals surface area contributed by atoms with E-state index in [4.69, 9.17) is 4.74 Å². The summed E-state index contributed by atoms with van der Waals surface area (Å²) in [6.45, 7) is 3.61. The molecule has 94 valence electrons. The maximum absolute atomic E-state index is 11.1. The minimum atomic E-state index is 0.128. The van der Waals surface area contributed by atoms with Crippen LogP contribution in [0.2, 0.25) is 0 Å². The van der Waals surface area contributed by atoms with Crippen LogP contribution in [-0.2, 0) is 11.2 Å². The SMILES string of the molecule is COc1ccc(C)cc1-c1nc(CC(C)=O)cs1. The first-order valence-electron chi connectivity index (χ1n) is 5.69. The third kappa shape index (κ3) is 2.76. The molecule has 0 spiro atoms. The molecule has 0 aliphatic carbocycles. The summed E-state index contributed by atoms with van der Waals surface area (Å²) in [5.74, 6) is 0.937. The summed E-state index contributed by atoms with van der Waals surface area (Å²) in [6.07, 6.45) is 0.393. The van der Waals surface area contributed by atoms with Gasteiger partial charge >= 0.3 is 0 Å². The lowest BCUT2D eigenvalue weighted by Crippen LogP contribution is -1.96. The zero-order valence-electron chi connectivity index (χ0n) is 10.7. The van der Waals surface area contributed by atoms with E-state index in [1.54, 1.807) is 14.0 Å². The van der Waals surface area contributed by atoms with Gasteiger partial charge in [-0.15, -0.1) is 11.3 Å². The largest absolute Gasteiger partial charge is 0.496 e. The number of aryl methyl sites for hydroxylation is 1. The number of rotatable bonds is 4. The average molecular weight is 261 g/mol. The number of ether oxygens (including phenoxy) is 1. The van der Waals surface area contributed by atoms with Crippen LogP contribution in [0.15, 0.2) is 23.6 Å². The molecule has 0 aliphatic rings. The maximum atomic E-state index is 11.1. The lowest BCUT2D eigenvalue weighted by molar-refractivity contribution is -0.116. The molecule has 0 N–H and O–H groups in total. The average Bonchev–Trinajstić information content (AvgIpc) is 2.76. The second-order valence-corrected chi connectivity index (χ2v) is 5.08. The van der Waals surface area contributed by atoms with Gasteiger partial charge in [0.15, 0.2) is 0 Å². The first-order chi connectivity index (χ1) is 8.60. The van der Waals surface area contributed by atoms with Crippen molar-refractivity contribution in [2.75, 3.05) is 7.11 Å². The Labute approximate surface area is 110 Å². The zero-order valence-corrected chi connectivity index (χ0v) is 11.5. The molecular weight excluding hydrogens is 246 g/mol. The summed E-state index contributed by atoms with van der Waals surface area (Å²) >= 11 is 1.54. The second kappa shape index (κ2) is 5.31. The quantitative estimate of drug-likeness (QED) is 0.848. The topological polar surface area (TPSA) is 39.2 Å². The fourth-order valence-electron chi connectivity index (χ4n) is 1.76. The van der Waals surface area contributed by atoms with E-state index in [0.29, 0.717) is 6.42 Å². The molecule has 18 heavy (non-hydrogen) atoms. The number of thiazole rings is 1.